The van der Waals surface area contributed by atoms with Crippen LogP contribution in [0.25, 0.3) is 5.76 Å². The molecule has 0 amide bonds. The highest BCUT2D eigenvalue weighted by Crippen LogP contribution is 2.61. The quantitative estimate of drug-likeness (QED) is 0.675. The zero-order valence-electron chi connectivity index (χ0n) is 9.23. The molecule has 3 rings (SSSR count). The fourth-order valence-corrected chi connectivity index (χ4v) is 2.61. The Morgan fingerprint density at radius 2 is 1.93 bits per heavy atom. The summed E-state index contributed by atoms with van der Waals surface area (Å²) in [7, 11) is 0. The lowest BCUT2D eigenvalue weighted by atomic mass is 10.1. The molecule has 0 N–H and O–H groups in total. The maximum atomic E-state index is 5.81. The van der Waals surface area contributed by atoms with Crippen LogP contribution in [-0.2, 0) is 4.74 Å². The number of hydrogen-bond donors (Lipinski definition) is 0. The Morgan fingerprint density at radius 1 is 1.20 bits per heavy atom. The van der Waals surface area contributed by atoms with E-state index in [2.05, 4.69) is 44.2 Å². The zero-order chi connectivity index (χ0) is 10.5. The van der Waals surface area contributed by atoms with E-state index >= 15 is 0 Å². The molecule has 0 bridgehead atoms. The molecule has 2 aliphatic rings. The number of ether oxygens (including phenoxy) is 1. The maximum Gasteiger partial charge on any atom is 0.122 e. The summed E-state index contributed by atoms with van der Waals surface area (Å²) < 4.78 is 5.81. The molecule has 0 spiro atoms. The monoisotopic (exact) mass is 200 g/mol. The van der Waals surface area contributed by atoms with Crippen LogP contribution in [0.5, 0.6) is 0 Å². The third kappa shape index (κ3) is 1.30. The minimum Gasteiger partial charge on any atom is -0.493 e. The van der Waals surface area contributed by atoms with Gasteiger partial charge in [0.25, 0.3) is 0 Å². The predicted molar refractivity (Wildman–Crippen MR) is 61.1 cm³/mol. The topological polar surface area (TPSA) is 9.23 Å². The molecule has 0 radical (unpaired) electrons. The Hall–Kier alpha value is -1.24. The molecule has 1 aromatic carbocycles. The van der Waals surface area contributed by atoms with Gasteiger partial charge >= 0.3 is 0 Å². The summed E-state index contributed by atoms with van der Waals surface area (Å²) in [6, 6.07) is 10.4. The summed E-state index contributed by atoms with van der Waals surface area (Å²) in [5, 5.41) is 0. The summed E-state index contributed by atoms with van der Waals surface area (Å²) in [6.07, 6.45) is 2.31. The van der Waals surface area contributed by atoms with E-state index < -0.39 is 0 Å². The van der Waals surface area contributed by atoms with Crippen LogP contribution in [0.3, 0.4) is 0 Å². The van der Waals surface area contributed by atoms with E-state index in [1.807, 2.05) is 6.07 Å². The van der Waals surface area contributed by atoms with E-state index in [0.717, 1.165) is 24.2 Å². The average molecular weight is 200 g/mol. The molecule has 1 heteroatoms. The Bertz CT molecular complexity index is 403. The molecule has 1 fully saturated rings. The molecular formula is C14H16O. The van der Waals surface area contributed by atoms with E-state index in [1.54, 1.807) is 0 Å². The molecule has 78 valence electrons. The second kappa shape index (κ2) is 2.88. The first-order valence-corrected chi connectivity index (χ1v) is 5.59. The van der Waals surface area contributed by atoms with Crippen molar-refractivity contribution in [3.63, 3.8) is 0 Å². The maximum absolute atomic E-state index is 5.81. The van der Waals surface area contributed by atoms with Crippen molar-refractivity contribution in [3.05, 3.63) is 42.0 Å². The molecular weight excluding hydrogens is 184 g/mol. The molecule has 2 atom stereocenters. The normalized spacial score (nSPS) is 31.2. The van der Waals surface area contributed by atoms with E-state index in [0.29, 0.717) is 5.41 Å². The van der Waals surface area contributed by atoms with E-state index in [-0.39, 0.29) is 0 Å². The lowest BCUT2D eigenvalue weighted by Crippen LogP contribution is -2.03. The van der Waals surface area contributed by atoms with Crippen molar-refractivity contribution in [2.24, 2.45) is 17.3 Å². The van der Waals surface area contributed by atoms with Crippen LogP contribution in [0.1, 0.15) is 19.4 Å². The average Bonchev–Trinajstić information content (AvgIpc) is 2.83. The van der Waals surface area contributed by atoms with Crippen molar-refractivity contribution in [1.82, 2.24) is 0 Å². The van der Waals surface area contributed by atoms with Gasteiger partial charge in [-0.25, -0.2) is 0 Å². The lowest BCUT2D eigenvalue weighted by Gasteiger charge is -2.14. The van der Waals surface area contributed by atoms with Gasteiger partial charge in [0.05, 0.1) is 6.61 Å². The van der Waals surface area contributed by atoms with Crippen molar-refractivity contribution in [1.29, 1.82) is 0 Å². The van der Waals surface area contributed by atoms with E-state index in [9.17, 15) is 0 Å². The van der Waals surface area contributed by atoms with Crippen LogP contribution in [0.2, 0.25) is 0 Å². The van der Waals surface area contributed by atoms with Gasteiger partial charge in [0, 0.05) is 11.5 Å². The number of fused-ring (bicyclic) bond motifs is 1. The molecule has 1 aliphatic heterocycles. The standard InChI is InChI=1S/C14H16O/c1-14(2)11-8-13(15-9-12(11)14)10-6-4-3-5-7-10/h3-8,11-12H,9H2,1-2H3. The van der Waals surface area contributed by atoms with Crippen LogP contribution in [0.15, 0.2) is 36.4 Å². The van der Waals surface area contributed by atoms with Crippen LogP contribution >= 0.6 is 0 Å². The predicted octanol–water partition coefficient (Wildman–Crippen LogP) is 3.33. The largest absolute Gasteiger partial charge is 0.493 e. The molecule has 1 aliphatic carbocycles. The van der Waals surface area contributed by atoms with E-state index in [4.69, 9.17) is 4.74 Å². The minimum atomic E-state index is 0.455. The number of rotatable bonds is 1. The van der Waals surface area contributed by atoms with Gasteiger partial charge in [-0.3, -0.25) is 0 Å². The smallest absolute Gasteiger partial charge is 0.122 e. The fraction of sp³-hybridized carbons (Fsp3) is 0.429. The third-order valence-corrected chi connectivity index (χ3v) is 3.95. The number of allylic oxidation sites excluding steroid dienone is 1. The summed E-state index contributed by atoms with van der Waals surface area (Å²) in [4.78, 5) is 0. The molecule has 15 heavy (non-hydrogen) atoms. The highest BCUT2D eigenvalue weighted by molar-refractivity contribution is 5.61. The summed E-state index contributed by atoms with van der Waals surface area (Å²) in [6.45, 7) is 5.55. The molecule has 0 saturated heterocycles. The van der Waals surface area contributed by atoms with Gasteiger partial charge in [0.1, 0.15) is 5.76 Å². The van der Waals surface area contributed by atoms with Gasteiger partial charge < -0.3 is 4.74 Å². The van der Waals surface area contributed by atoms with E-state index in [1.165, 1.54) is 5.56 Å². The molecule has 1 nitrogen and oxygen atoms in total. The first kappa shape index (κ1) is 9.02. The van der Waals surface area contributed by atoms with Crippen LogP contribution in [0, 0.1) is 17.3 Å². The highest BCUT2D eigenvalue weighted by atomic mass is 16.5. The second-order valence-electron chi connectivity index (χ2n) is 5.16. The summed E-state index contributed by atoms with van der Waals surface area (Å²) in [5.74, 6) is 2.54. The molecule has 1 aromatic rings. The lowest BCUT2D eigenvalue weighted by molar-refractivity contribution is 0.235. The molecule has 2 unspecified atom stereocenters. The third-order valence-electron chi connectivity index (χ3n) is 3.95. The van der Waals surface area contributed by atoms with Crippen molar-refractivity contribution >= 4 is 5.76 Å². The molecule has 0 aromatic heterocycles. The zero-order valence-corrected chi connectivity index (χ0v) is 9.23. The Labute approximate surface area is 90.8 Å². The fourth-order valence-electron chi connectivity index (χ4n) is 2.61. The Kier molecular flexibility index (Phi) is 1.73. The second-order valence-corrected chi connectivity index (χ2v) is 5.16. The van der Waals surface area contributed by atoms with Gasteiger partial charge in [0.2, 0.25) is 0 Å². The van der Waals surface area contributed by atoms with Crippen molar-refractivity contribution in [3.8, 4) is 0 Å². The minimum absolute atomic E-state index is 0.455. The Morgan fingerprint density at radius 3 is 2.60 bits per heavy atom. The molecule has 1 saturated carbocycles. The van der Waals surface area contributed by atoms with Crippen molar-refractivity contribution < 1.29 is 4.74 Å². The van der Waals surface area contributed by atoms with Gasteiger partial charge in [0.15, 0.2) is 0 Å². The highest BCUT2D eigenvalue weighted by Gasteiger charge is 2.58. The first-order chi connectivity index (χ1) is 7.19. The van der Waals surface area contributed by atoms with Gasteiger partial charge in [-0.05, 0) is 17.4 Å². The van der Waals surface area contributed by atoms with Gasteiger partial charge in [-0.1, -0.05) is 44.2 Å². The summed E-state index contributed by atoms with van der Waals surface area (Å²) >= 11 is 0. The number of benzene rings is 1. The van der Waals surface area contributed by atoms with Crippen LogP contribution in [0.4, 0.5) is 0 Å². The van der Waals surface area contributed by atoms with Gasteiger partial charge in [-0.2, -0.15) is 0 Å². The SMILES string of the molecule is CC1(C)C2C=C(c3ccccc3)OCC21. The van der Waals surface area contributed by atoms with Gasteiger partial charge in [-0.15, -0.1) is 0 Å². The Balaban J connectivity index is 1.91. The summed E-state index contributed by atoms with van der Waals surface area (Å²) in [5.41, 5.74) is 1.66. The molecule has 1 heterocycles. The first-order valence-electron chi connectivity index (χ1n) is 5.59. The van der Waals surface area contributed by atoms with Crippen molar-refractivity contribution in [2.75, 3.05) is 6.61 Å². The van der Waals surface area contributed by atoms with Crippen LogP contribution in [-0.4, -0.2) is 6.61 Å². The van der Waals surface area contributed by atoms with Crippen molar-refractivity contribution in [2.45, 2.75) is 13.8 Å². The van der Waals surface area contributed by atoms with Crippen LogP contribution < -0.4 is 0 Å². The number of hydrogen-bond acceptors (Lipinski definition) is 1.